The summed E-state index contributed by atoms with van der Waals surface area (Å²) in [5.74, 6) is 0. The summed E-state index contributed by atoms with van der Waals surface area (Å²) in [7, 11) is 1.68. The maximum absolute atomic E-state index is 11.6. The number of nitrogens with one attached hydrogen (secondary N) is 1. The molecule has 82 valence electrons. The van der Waals surface area contributed by atoms with Gasteiger partial charge in [0, 0.05) is 18.2 Å². The lowest BCUT2D eigenvalue weighted by molar-refractivity contribution is 0.112. The van der Waals surface area contributed by atoms with Gasteiger partial charge in [0.1, 0.15) is 6.29 Å². The monoisotopic (exact) mass is 216 g/mol. The summed E-state index contributed by atoms with van der Waals surface area (Å²) < 4.78 is 1.44. The molecule has 4 heteroatoms. The van der Waals surface area contributed by atoms with Gasteiger partial charge in [-0.25, -0.2) is 0 Å². The molecule has 2 aromatic rings. The molecule has 0 amide bonds. The normalized spacial score (nSPS) is 10.4. The summed E-state index contributed by atoms with van der Waals surface area (Å²) in [5.41, 5.74) is 2.97. The number of aromatic nitrogens is 2. The number of carbonyl (C=O) groups excluding carboxylic acids is 1. The molecule has 0 bridgehead atoms. The Labute approximate surface area is 92.5 Å². The van der Waals surface area contributed by atoms with Gasteiger partial charge in [0.15, 0.2) is 0 Å². The minimum atomic E-state index is -0.0329. The first kappa shape index (κ1) is 10.4. The molecule has 0 aliphatic carbocycles. The third-order valence-corrected chi connectivity index (χ3v) is 2.62. The second kappa shape index (κ2) is 3.81. The van der Waals surface area contributed by atoms with Gasteiger partial charge in [0.05, 0.1) is 5.69 Å². The Morgan fingerprint density at radius 2 is 1.88 bits per heavy atom. The van der Waals surface area contributed by atoms with E-state index < -0.39 is 0 Å². The van der Waals surface area contributed by atoms with E-state index in [-0.39, 0.29) is 5.56 Å². The van der Waals surface area contributed by atoms with Crippen molar-refractivity contribution < 1.29 is 4.79 Å². The number of hydrogen-bond donors (Lipinski definition) is 1. The van der Waals surface area contributed by atoms with Crippen LogP contribution < -0.4 is 5.56 Å². The second-order valence-corrected chi connectivity index (χ2v) is 3.72. The van der Waals surface area contributed by atoms with Crippen LogP contribution in [0, 0.1) is 6.92 Å². The highest BCUT2D eigenvalue weighted by atomic mass is 16.1. The third-order valence-electron chi connectivity index (χ3n) is 2.62. The molecule has 4 nitrogen and oxygen atoms in total. The number of benzene rings is 1. The van der Waals surface area contributed by atoms with Crippen molar-refractivity contribution in [1.29, 1.82) is 0 Å². The zero-order valence-electron chi connectivity index (χ0n) is 9.15. The number of H-pyrrole nitrogens is 1. The SMILES string of the molecule is Cc1c(-c2ccc(C=O)cc2)[nH]n(C)c1=O. The molecule has 0 spiro atoms. The van der Waals surface area contributed by atoms with Crippen LogP contribution in [-0.4, -0.2) is 16.1 Å². The largest absolute Gasteiger partial charge is 0.298 e. The minimum absolute atomic E-state index is 0.0329. The van der Waals surface area contributed by atoms with Crippen LogP contribution in [0.15, 0.2) is 29.1 Å². The average Bonchev–Trinajstić information content (AvgIpc) is 2.57. The number of aryl methyl sites for hydroxylation is 1. The molecule has 0 aliphatic rings. The topological polar surface area (TPSA) is 54.9 Å². The first-order valence-electron chi connectivity index (χ1n) is 4.94. The van der Waals surface area contributed by atoms with Gasteiger partial charge in [-0.1, -0.05) is 24.3 Å². The minimum Gasteiger partial charge on any atom is -0.298 e. The average molecular weight is 216 g/mol. The molecular weight excluding hydrogens is 204 g/mol. The molecule has 1 N–H and O–H groups in total. The number of rotatable bonds is 2. The van der Waals surface area contributed by atoms with E-state index in [0.29, 0.717) is 11.1 Å². The Morgan fingerprint density at radius 1 is 1.25 bits per heavy atom. The molecule has 0 aliphatic heterocycles. The van der Waals surface area contributed by atoms with Crippen LogP contribution in [0.2, 0.25) is 0 Å². The van der Waals surface area contributed by atoms with E-state index in [2.05, 4.69) is 5.10 Å². The molecule has 0 saturated carbocycles. The number of hydrogen-bond acceptors (Lipinski definition) is 2. The highest BCUT2D eigenvalue weighted by molar-refractivity contribution is 5.76. The van der Waals surface area contributed by atoms with Crippen LogP contribution in [0.1, 0.15) is 15.9 Å². The number of aromatic amines is 1. The molecule has 1 aromatic heterocycles. The molecule has 1 aromatic carbocycles. The Balaban J connectivity index is 2.54. The molecular formula is C12H12N2O2. The van der Waals surface area contributed by atoms with Crippen molar-refractivity contribution in [3.63, 3.8) is 0 Å². The predicted octanol–water partition coefficient (Wildman–Crippen LogP) is 1.50. The van der Waals surface area contributed by atoms with Crippen molar-refractivity contribution in [3.05, 3.63) is 45.7 Å². The van der Waals surface area contributed by atoms with Crippen LogP contribution in [0.25, 0.3) is 11.3 Å². The van der Waals surface area contributed by atoms with E-state index >= 15 is 0 Å². The van der Waals surface area contributed by atoms with E-state index in [4.69, 9.17) is 0 Å². The molecule has 0 saturated heterocycles. The molecule has 1 heterocycles. The zero-order valence-corrected chi connectivity index (χ0v) is 9.15. The smallest absolute Gasteiger partial charge is 0.269 e. The van der Waals surface area contributed by atoms with Crippen molar-refractivity contribution in [1.82, 2.24) is 9.78 Å². The Bertz CT molecular complexity index is 576. The van der Waals surface area contributed by atoms with Crippen molar-refractivity contribution in [2.24, 2.45) is 7.05 Å². The van der Waals surface area contributed by atoms with Crippen LogP contribution >= 0.6 is 0 Å². The lowest BCUT2D eigenvalue weighted by Crippen LogP contribution is -2.12. The van der Waals surface area contributed by atoms with E-state index in [1.54, 1.807) is 26.1 Å². The molecule has 0 atom stereocenters. The number of carbonyl (C=O) groups is 1. The van der Waals surface area contributed by atoms with Crippen molar-refractivity contribution in [2.75, 3.05) is 0 Å². The van der Waals surface area contributed by atoms with Gasteiger partial charge >= 0.3 is 0 Å². The maximum Gasteiger partial charge on any atom is 0.269 e. The summed E-state index contributed by atoms with van der Waals surface area (Å²) in [6.45, 7) is 1.78. The van der Waals surface area contributed by atoms with E-state index in [1.165, 1.54) is 4.68 Å². The molecule has 2 rings (SSSR count). The Morgan fingerprint density at radius 3 is 2.31 bits per heavy atom. The van der Waals surface area contributed by atoms with Crippen LogP contribution in [-0.2, 0) is 7.05 Å². The zero-order chi connectivity index (χ0) is 11.7. The second-order valence-electron chi connectivity index (χ2n) is 3.72. The molecule has 0 radical (unpaired) electrons. The summed E-state index contributed by atoms with van der Waals surface area (Å²) in [6, 6.07) is 7.10. The lowest BCUT2D eigenvalue weighted by Gasteiger charge is -1.99. The van der Waals surface area contributed by atoms with E-state index in [9.17, 15) is 9.59 Å². The predicted molar refractivity (Wildman–Crippen MR) is 61.6 cm³/mol. The van der Waals surface area contributed by atoms with Crippen LogP contribution in [0.3, 0.4) is 0 Å². The fourth-order valence-corrected chi connectivity index (χ4v) is 1.67. The van der Waals surface area contributed by atoms with Gasteiger partial charge in [-0.3, -0.25) is 19.4 Å². The quantitative estimate of drug-likeness (QED) is 0.773. The van der Waals surface area contributed by atoms with Gasteiger partial charge in [0.2, 0.25) is 0 Å². The number of aldehydes is 1. The lowest BCUT2D eigenvalue weighted by atomic mass is 10.1. The van der Waals surface area contributed by atoms with Gasteiger partial charge in [-0.05, 0) is 12.5 Å². The summed E-state index contributed by atoms with van der Waals surface area (Å²) in [6.07, 6.45) is 0.796. The van der Waals surface area contributed by atoms with Gasteiger partial charge in [-0.15, -0.1) is 0 Å². The summed E-state index contributed by atoms with van der Waals surface area (Å²) >= 11 is 0. The molecule has 0 fully saturated rings. The fourth-order valence-electron chi connectivity index (χ4n) is 1.67. The highest BCUT2D eigenvalue weighted by Gasteiger charge is 2.09. The Hall–Kier alpha value is -2.10. The Kier molecular flexibility index (Phi) is 2.48. The van der Waals surface area contributed by atoms with Crippen molar-refractivity contribution in [2.45, 2.75) is 6.92 Å². The third kappa shape index (κ3) is 1.58. The number of nitrogens with zero attached hydrogens (tertiary/aromatic N) is 1. The first-order chi connectivity index (χ1) is 7.63. The van der Waals surface area contributed by atoms with Gasteiger partial charge < -0.3 is 0 Å². The summed E-state index contributed by atoms with van der Waals surface area (Å²) in [5, 5.41) is 2.98. The van der Waals surface area contributed by atoms with Gasteiger partial charge in [-0.2, -0.15) is 0 Å². The molecule has 0 unspecified atom stereocenters. The summed E-state index contributed by atoms with van der Waals surface area (Å²) in [4.78, 5) is 22.1. The molecule has 16 heavy (non-hydrogen) atoms. The first-order valence-corrected chi connectivity index (χ1v) is 4.94. The van der Waals surface area contributed by atoms with Crippen molar-refractivity contribution in [3.8, 4) is 11.3 Å². The maximum atomic E-state index is 11.6. The fraction of sp³-hybridized carbons (Fsp3) is 0.167. The van der Waals surface area contributed by atoms with E-state index in [1.807, 2.05) is 12.1 Å². The standard InChI is InChI=1S/C12H12N2O2/c1-8-11(13-14(2)12(8)16)10-5-3-9(7-15)4-6-10/h3-7,13H,1-2H3. The van der Waals surface area contributed by atoms with Crippen LogP contribution in [0.5, 0.6) is 0 Å². The van der Waals surface area contributed by atoms with Crippen molar-refractivity contribution >= 4 is 6.29 Å². The highest BCUT2D eigenvalue weighted by Crippen LogP contribution is 2.18. The van der Waals surface area contributed by atoms with Gasteiger partial charge in [0.25, 0.3) is 5.56 Å². The van der Waals surface area contributed by atoms with E-state index in [0.717, 1.165) is 17.5 Å². The van der Waals surface area contributed by atoms with Crippen LogP contribution in [0.4, 0.5) is 0 Å².